The van der Waals surface area contributed by atoms with Crippen molar-refractivity contribution in [3.8, 4) is 0 Å². The van der Waals surface area contributed by atoms with Gasteiger partial charge in [0.05, 0.1) is 28.4 Å². The summed E-state index contributed by atoms with van der Waals surface area (Å²) < 4.78 is 21.5. The lowest BCUT2D eigenvalue weighted by Crippen LogP contribution is -2.47. The molecule has 0 saturated carbocycles. The second-order valence-electron chi connectivity index (χ2n) is 11.0. The maximum Gasteiger partial charge on any atom is 0.407 e. The van der Waals surface area contributed by atoms with Crippen LogP contribution >= 0.6 is 11.3 Å². The van der Waals surface area contributed by atoms with Gasteiger partial charge in [0.15, 0.2) is 0 Å². The fourth-order valence-electron chi connectivity index (χ4n) is 5.70. The number of rotatable bonds is 13. The van der Waals surface area contributed by atoms with Gasteiger partial charge >= 0.3 is 6.09 Å². The maximum absolute atomic E-state index is 14.2. The number of aromatic nitrogens is 1. The lowest BCUT2D eigenvalue weighted by Gasteiger charge is -2.42. The Morgan fingerprint density at radius 1 is 1.12 bits per heavy atom. The number of carbonyl (C=O) groups excluding carboxylic acids is 1. The Morgan fingerprint density at radius 2 is 1.75 bits per heavy atom. The zero-order valence-corrected chi connectivity index (χ0v) is 25.9. The highest BCUT2D eigenvalue weighted by Crippen LogP contribution is 2.42. The molecular weight excluding hydrogens is 545 g/mol. The molecule has 1 aromatic carbocycles. The molecule has 0 aliphatic rings. The maximum atomic E-state index is 14.2. The number of hydrogen-bond acceptors (Lipinski definition) is 5. The van der Waals surface area contributed by atoms with Crippen LogP contribution < -0.4 is 5.32 Å². The van der Waals surface area contributed by atoms with E-state index in [1.807, 2.05) is 24.3 Å². The van der Waals surface area contributed by atoms with Crippen molar-refractivity contribution in [2.45, 2.75) is 70.7 Å². The number of pyridine rings is 1. The number of nitrogens with zero attached hydrogens (tertiary/aromatic N) is 2. The number of fused-ring (bicyclic) bond motifs is 1. The third-order valence-corrected chi connectivity index (χ3v) is 14.6. The van der Waals surface area contributed by atoms with Crippen molar-refractivity contribution >= 4 is 46.7 Å². The second-order valence-corrected chi connectivity index (χ2v) is 17.6. The van der Waals surface area contributed by atoms with Crippen molar-refractivity contribution in [1.29, 1.82) is 0 Å². The monoisotopic (exact) mass is 585 g/mol. The molecule has 3 rings (SSSR count). The summed E-state index contributed by atoms with van der Waals surface area (Å²) in [6, 6.07) is 9.16. The molecule has 2 aromatic heterocycles. The van der Waals surface area contributed by atoms with Gasteiger partial charge in [0.1, 0.15) is 5.82 Å². The van der Waals surface area contributed by atoms with Crippen LogP contribution in [-0.2, 0) is 15.8 Å². The summed E-state index contributed by atoms with van der Waals surface area (Å²) in [5.74, 6) is -1.65. The summed E-state index contributed by atoms with van der Waals surface area (Å²) in [4.78, 5) is 30.4. The molecule has 10 heteroatoms. The quantitative estimate of drug-likeness (QED) is 0.157. The number of thiophene rings is 1. The molecule has 0 fully saturated rings. The first-order chi connectivity index (χ1) is 18.9. The van der Waals surface area contributed by atoms with Crippen molar-refractivity contribution in [2.24, 2.45) is 0 Å². The topological polar surface area (TPSA) is 91.8 Å². The number of amides is 2. The number of benzene rings is 1. The van der Waals surface area contributed by atoms with Gasteiger partial charge in [0.25, 0.3) is 0 Å². The molecule has 40 heavy (non-hydrogen) atoms. The Balaban J connectivity index is 1.87. The van der Waals surface area contributed by atoms with Gasteiger partial charge in [-0.1, -0.05) is 71.9 Å². The number of halogens is 1. The predicted octanol–water partition coefficient (Wildman–Crippen LogP) is 8.02. The smallest absolute Gasteiger partial charge is 0.407 e. The Labute approximate surface area is 241 Å². The van der Waals surface area contributed by atoms with Crippen LogP contribution in [0.25, 0.3) is 10.1 Å². The molecular formula is C30H40FN3O4SSi. The lowest BCUT2D eigenvalue weighted by atomic mass is 9.96. The minimum atomic E-state index is -2.04. The first-order valence-corrected chi connectivity index (χ1v) is 16.5. The summed E-state index contributed by atoms with van der Waals surface area (Å²) in [5.41, 5.74) is 3.06. The Hall–Kier alpha value is -3.08. The van der Waals surface area contributed by atoms with Gasteiger partial charge in [-0.15, -0.1) is 17.9 Å². The molecule has 2 N–H and O–H groups in total. The number of nitrogens with one attached hydrogen (secondary N) is 1. The van der Waals surface area contributed by atoms with Gasteiger partial charge in [-0.05, 0) is 33.8 Å². The number of carboxylic acid groups (broad SMARTS) is 1. The third kappa shape index (κ3) is 6.97. The van der Waals surface area contributed by atoms with Gasteiger partial charge in [-0.25, -0.2) is 9.18 Å². The Morgan fingerprint density at radius 3 is 2.27 bits per heavy atom. The normalized spacial score (nSPS) is 12.8. The van der Waals surface area contributed by atoms with Crippen LogP contribution in [0.15, 0.2) is 55.4 Å². The van der Waals surface area contributed by atoms with E-state index in [9.17, 15) is 19.1 Å². The highest BCUT2D eigenvalue weighted by atomic mass is 32.1. The molecule has 3 aromatic rings. The highest BCUT2D eigenvalue weighted by Gasteiger charge is 2.45. The van der Waals surface area contributed by atoms with Gasteiger partial charge in [-0.3, -0.25) is 9.78 Å². The van der Waals surface area contributed by atoms with Gasteiger partial charge < -0.3 is 19.7 Å². The second kappa shape index (κ2) is 13.5. The minimum Gasteiger partial charge on any atom is -0.465 e. The number of hydrogen-bond donors (Lipinski definition) is 2. The van der Waals surface area contributed by atoms with E-state index in [1.165, 1.54) is 17.4 Å². The van der Waals surface area contributed by atoms with Crippen LogP contribution in [0.5, 0.6) is 0 Å². The number of anilines is 1. The van der Waals surface area contributed by atoms with Crippen LogP contribution in [0.3, 0.4) is 0 Å². The minimum absolute atomic E-state index is 0.0616. The molecule has 0 spiro atoms. The van der Waals surface area contributed by atoms with Crippen LogP contribution in [-0.4, -0.2) is 48.4 Å². The summed E-state index contributed by atoms with van der Waals surface area (Å²) in [6.07, 6.45) is 3.02. The predicted molar refractivity (Wildman–Crippen MR) is 163 cm³/mol. The third-order valence-electron chi connectivity index (χ3n) is 7.56. The van der Waals surface area contributed by atoms with E-state index in [-0.39, 0.29) is 19.0 Å². The van der Waals surface area contributed by atoms with Crippen molar-refractivity contribution in [3.05, 3.63) is 72.3 Å². The summed E-state index contributed by atoms with van der Waals surface area (Å²) in [6.45, 7) is 17.6. The van der Waals surface area contributed by atoms with Crippen molar-refractivity contribution in [1.82, 2.24) is 9.88 Å². The molecule has 0 aliphatic carbocycles. The zero-order valence-electron chi connectivity index (χ0n) is 24.1. The fraction of sp³-hybridized carbons (Fsp3) is 0.433. The largest absolute Gasteiger partial charge is 0.465 e. The average Bonchev–Trinajstić information content (AvgIpc) is 3.30. The van der Waals surface area contributed by atoms with E-state index in [1.54, 1.807) is 12.3 Å². The number of carbonyl (C=O) groups is 2. The van der Waals surface area contributed by atoms with E-state index in [0.29, 0.717) is 43.9 Å². The van der Waals surface area contributed by atoms with E-state index in [0.717, 1.165) is 16.7 Å². The first-order valence-electron chi connectivity index (χ1n) is 13.6. The standard InChI is InChI=1S/C30H40FN3O4SSi/c1-8-13-34(30(36)37)17-25(29(35)33-28-14-24-26(31)15-32-16-27(24)39-28)23-11-9-22(10-12-23)18-38-40(19(2)3,20(4)5)21(6)7/h8-12,14-16,19-21,25H,1,13,17-18H2,2-7H3,(H,33,35)(H,36,37)/t25-/m1/s1. The van der Waals surface area contributed by atoms with Gasteiger partial charge in [-0.2, -0.15) is 0 Å². The summed E-state index contributed by atoms with van der Waals surface area (Å²) >= 11 is 1.21. The molecule has 0 unspecified atom stereocenters. The van der Waals surface area contributed by atoms with Crippen LogP contribution in [0.2, 0.25) is 16.6 Å². The van der Waals surface area contributed by atoms with Crippen LogP contribution in [0.1, 0.15) is 58.6 Å². The SMILES string of the molecule is C=CCN(C[C@@H](C(=O)Nc1cc2c(F)cncc2s1)c1ccc(CO[Si](C(C)C)(C(C)C)C(C)C)cc1)C(=O)O. The van der Waals surface area contributed by atoms with Crippen molar-refractivity contribution in [3.63, 3.8) is 0 Å². The average molecular weight is 586 g/mol. The van der Waals surface area contributed by atoms with E-state index < -0.39 is 26.1 Å². The van der Waals surface area contributed by atoms with Crippen LogP contribution in [0.4, 0.5) is 14.2 Å². The van der Waals surface area contributed by atoms with E-state index >= 15 is 0 Å². The van der Waals surface area contributed by atoms with E-state index in [4.69, 9.17) is 4.43 Å². The fourth-order valence-corrected chi connectivity index (χ4v) is 12.1. The van der Waals surface area contributed by atoms with Gasteiger partial charge in [0, 0.05) is 24.7 Å². The molecule has 216 valence electrons. The molecule has 0 saturated heterocycles. The molecule has 0 aliphatic heterocycles. The van der Waals surface area contributed by atoms with Gasteiger partial charge in [0.2, 0.25) is 14.2 Å². The Bertz CT molecular complexity index is 1300. The molecule has 0 bridgehead atoms. The first kappa shape index (κ1) is 31.4. The highest BCUT2D eigenvalue weighted by molar-refractivity contribution is 7.22. The lowest BCUT2D eigenvalue weighted by molar-refractivity contribution is -0.117. The van der Waals surface area contributed by atoms with E-state index in [2.05, 4.69) is 58.4 Å². The molecule has 1 atom stereocenters. The van der Waals surface area contributed by atoms with Crippen LogP contribution in [0, 0.1) is 5.82 Å². The molecule has 0 radical (unpaired) electrons. The summed E-state index contributed by atoms with van der Waals surface area (Å²) in [7, 11) is -2.04. The zero-order chi connectivity index (χ0) is 29.6. The van der Waals surface area contributed by atoms with Crippen molar-refractivity contribution in [2.75, 3.05) is 18.4 Å². The molecule has 2 amide bonds. The molecule has 7 nitrogen and oxygen atoms in total. The van der Waals surface area contributed by atoms with Crippen molar-refractivity contribution < 1.29 is 23.5 Å². The molecule has 2 heterocycles. The Kier molecular flexibility index (Phi) is 10.6. The summed E-state index contributed by atoms with van der Waals surface area (Å²) in [5, 5.41) is 13.4.